The summed E-state index contributed by atoms with van der Waals surface area (Å²) in [6, 6.07) is 0. The van der Waals surface area contributed by atoms with E-state index in [9.17, 15) is 8.42 Å². The van der Waals surface area contributed by atoms with Crippen LogP contribution in [0.15, 0.2) is 6.20 Å². The van der Waals surface area contributed by atoms with Gasteiger partial charge in [-0.25, -0.2) is 4.68 Å². The molecule has 1 aromatic heterocycles. The summed E-state index contributed by atoms with van der Waals surface area (Å²) in [4.78, 5) is 0. The van der Waals surface area contributed by atoms with Crippen LogP contribution in [0.4, 0.5) is 0 Å². The first-order valence-corrected chi connectivity index (χ1v) is 8.02. The van der Waals surface area contributed by atoms with Crippen LogP contribution in [0.3, 0.4) is 0 Å². The molecule has 2 heterocycles. The van der Waals surface area contributed by atoms with Crippen molar-refractivity contribution >= 4 is 10.1 Å². The van der Waals surface area contributed by atoms with Crippen LogP contribution in [0.5, 0.6) is 0 Å². The maximum absolute atomic E-state index is 10.9. The van der Waals surface area contributed by atoms with Crippen LogP contribution in [0.1, 0.15) is 19.5 Å². The van der Waals surface area contributed by atoms with E-state index in [1.54, 1.807) is 10.9 Å². The van der Waals surface area contributed by atoms with Gasteiger partial charge in [-0.1, -0.05) is 19.1 Å². The topological polar surface area (TPSA) is 92.5 Å². The second-order valence-corrected chi connectivity index (χ2v) is 7.26. The third-order valence-electron chi connectivity index (χ3n) is 2.66. The van der Waals surface area contributed by atoms with E-state index in [0.717, 1.165) is 6.26 Å². The molecular weight excluding hydrogens is 286 g/mol. The average Bonchev–Trinajstić information content (AvgIpc) is 2.76. The maximum atomic E-state index is 10.9. The molecule has 0 aliphatic carbocycles. The fourth-order valence-electron chi connectivity index (χ4n) is 1.65. The van der Waals surface area contributed by atoms with Gasteiger partial charge in [0.2, 0.25) is 0 Å². The monoisotopic (exact) mass is 305 g/mol. The Kier molecular flexibility index (Phi) is 4.43. The standard InChI is InChI=1S/C11H19N3O5S/c1-11(2)7-17-10(18-8-11)5-14-4-9(12-13-14)6-19-20(3,15)16/h4,10H,5-8H2,1-3H3. The van der Waals surface area contributed by atoms with E-state index >= 15 is 0 Å². The van der Waals surface area contributed by atoms with Gasteiger partial charge in [0.15, 0.2) is 6.29 Å². The second kappa shape index (κ2) is 5.76. The smallest absolute Gasteiger partial charge is 0.264 e. The molecule has 0 N–H and O–H groups in total. The highest BCUT2D eigenvalue weighted by Crippen LogP contribution is 2.23. The summed E-state index contributed by atoms with van der Waals surface area (Å²) in [5.41, 5.74) is 0.458. The first-order chi connectivity index (χ1) is 9.23. The van der Waals surface area contributed by atoms with E-state index in [2.05, 4.69) is 28.3 Å². The average molecular weight is 305 g/mol. The molecule has 1 aliphatic heterocycles. The van der Waals surface area contributed by atoms with Crippen molar-refractivity contribution in [3.8, 4) is 0 Å². The van der Waals surface area contributed by atoms with E-state index in [-0.39, 0.29) is 18.3 Å². The number of nitrogens with zero attached hydrogens (tertiary/aromatic N) is 3. The third kappa shape index (κ3) is 4.82. The van der Waals surface area contributed by atoms with Gasteiger partial charge in [-0.05, 0) is 0 Å². The molecule has 0 atom stereocenters. The van der Waals surface area contributed by atoms with E-state index in [1.807, 2.05) is 0 Å². The Morgan fingerprint density at radius 3 is 2.70 bits per heavy atom. The molecule has 0 aromatic carbocycles. The minimum atomic E-state index is -3.48. The molecule has 0 amide bonds. The summed E-state index contributed by atoms with van der Waals surface area (Å²) < 4.78 is 39.1. The highest BCUT2D eigenvalue weighted by molar-refractivity contribution is 7.85. The van der Waals surface area contributed by atoms with Gasteiger partial charge in [-0.3, -0.25) is 4.18 Å². The molecule has 9 heteroatoms. The van der Waals surface area contributed by atoms with E-state index in [0.29, 0.717) is 25.5 Å². The summed E-state index contributed by atoms with van der Waals surface area (Å²) in [6.45, 7) is 5.66. The zero-order valence-electron chi connectivity index (χ0n) is 11.8. The van der Waals surface area contributed by atoms with E-state index in [4.69, 9.17) is 9.47 Å². The van der Waals surface area contributed by atoms with Crippen molar-refractivity contribution in [2.75, 3.05) is 19.5 Å². The van der Waals surface area contributed by atoms with E-state index < -0.39 is 10.1 Å². The highest BCUT2D eigenvalue weighted by atomic mass is 32.2. The first kappa shape index (κ1) is 15.4. The molecule has 20 heavy (non-hydrogen) atoms. The van der Waals surface area contributed by atoms with Gasteiger partial charge >= 0.3 is 0 Å². The number of hydrogen-bond donors (Lipinski definition) is 0. The fourth-order valence-corrected chi connectivity index (χ4v) is 1.98. The summed E-state index contributed by atoms with van der Waals surface area (Å²) in [5.74, 6) is 0. The normalized spacial score (nSPS) is 20.1. The minimum absolute atomic E-state index is 0.0212. The summed E-state index contributed by atoms with van der Waals surface area (Å²) >= 11 is 0. The third-order valence-corrected chi connectivity index (χ3v) is 3.21. The van der Waals surface area contributed by atoms with Crippen molar-refractivity contribution in [2.45, 2.75) is 33.3 Å². The number of hydrogen-bond acceptors (Lipinski definition) is 7. The Labute approximate surface area is 118 Å². The Morgan fingerprint density at radius 2 is 2.10 bits per heavy atom. The van der Waals surface area contributed by atoms with Crippen LogP contribution in [0.2, 0.25) is 0 Å². The number of aromatic nitrogens is 3. The molecule has 2 rings (SSSR count). The van der Waals surface area contributed by atoms with Crippen molar-refractivity contribution < 1.29 is 22.1 Å². The van der Waals surface area contributed by atoms with Crippen molar-refractivity contribution in [1.29, 1.82) is 0 Å². The molecule has 1 aromatic rings. The molecular formula is C11H19N3O5S. The van der Waals surface area contributed by atoms with Crippen LogP contribution < -0.4 is 0 Å². The molecule has 0 radical (unpaired) electrons. The van der Waals surface area contributed by atoms with Crippen LogP contribution >= 0.6 is 0 Å². The maximum Gasteiger partial charge on any atom is 0.264 e. The highest BCUT2D eigenvalue weighted by Gasteiger charge is 2.28. The lowest BCUT2D eigenvalue weighted by Crippen LogP contribution is -2.39. The number of rotatable bonds is 5. The molecule has 114 valence electrons. The minimum Gasteiger partial charge on any atom is -0.350 e. The lowest BCUT2D eigenvalue weighted by atomic mass is 9.96. The lowest BCUT2D eigenvalue weighted by Gasteiger charge is -2.34. The van der Waals surface area contributed by atoms with Crippen LogP contribution in [-0.4, -0.2) is 49.2 Å². The predicted octanol–water partition coefficient (Wildman–Crippen LogP) is 0.153. The van der Waals surface area contributed by atoms with Gasteiger partial charge in [0, 0.05) is 5.41 Å². The van der Waals surface area contributed by atoms with Crippen LogP contribution in [0, 0.1) is 5.41 Å². The lowest BCUT2D eigenvalue weighted by molar-refractivity contribution is -0.227. The second-order valence-electron chi connectivity index (χ2n) is 5.61. The molecule has 1 fully saturated rings. The molecule has 0 spiro atoms. The molecule has 1 aliphatic rings. The zero-order valence-corrected chi connectivity index (χ0v) is 12.6. The summed E-state index contributed by atoms with van der Waals surface area (Å²) in [6.07, 6.45) is 2.23. The fraction of sp³-hybridized carbons (Fsp3) is 0.818. The molecule has 8 nitrogen and oxygen atoms in total. The Bertz CT molecular complexity index is 544. The Balaban J connectivity index is 1.84. The number of ether oxygens (including phenoxy) is 2. The van der Waals surface area contributed by atoms with Crippen LogP contribution in [0.25, 0.3) is 0 Å². The van der Waals surface area contributed by atoms with Gasteiger partial charge < -0.3 is 9.47 Å². The van der Waals surface area contributed by atoms with Crippen molar-refractivity contribution in [3.63, 3.8) is 0 Å². The van der Waals surface area contributed by atoms with Gasteiger partial charge in [-0.2, -0.15) is 8.42 Å². The van der Waals surface area contributed by atoms with Gasteiger partial charge in [0.25, 0.3) is 10.1 Å². The van der Waals surface area contributed by atoms with E-state index in [1.165, 1.54) is 0 Å². The van der Waals surface area contributed by atoms with Gasteiger partial charge in [0.05, 0.1) is 32.2 Å². The predicted molar refractivity (Wildman–Crippen MR) is 69.1 cm³/mol. The Hall–Kier alpha value is -1.03. The quantitative estimate of drug-likeness (QED) is 0.715. The Morgan fingerprint density at radius 1 is 1.45 bits per heavy atom. The molecule has 0 saturated carbocycles. The van der Waals surface area contributed by atoms with Gasteiger partial charge in [0.1, 0.15) is 12.3 Å². The van der Waals surface area contributed by atoms with Crippen molar-refractivity contribution in [1.82, 2.24) is 15.0 Å². The molecule has 0 bridgehead atoms. The molecule has 1 saturated heterocycles. The molecule has 0 unspecified atom stereocenters. The largest absolute Gasteiger partial charge is 0.350 e. The SMILES string of the molecule is CC1(C)COC(Cn2cc(COS(C)(=O)=O)nn2)OC1. The van der Waals surface area contributed by atoms with Crippen LogP contribution in [-0.2, 0) is 36.9 Å². The van der Waals surface area contributed by atoms with Crippen molar-refractivity contribution in [3.05, 3.63) is 11.9 Å². The van der Waals surface area contributed by atoms with Gasteiger partial charge in [-0.15, -0.1) is 5.10 Å². The first-order valence-electron chi connectivity index (χ1n) is 6.20. The zero-order chi connectivity index (χ0) is 14.8. The summed E-state index contributed by atoms with van der Waals surface area (Å²) in [7, 11) is -3.48. The van der Waals surface area contributed by atoms with Crippen molar-refractivity contribution in [2.24, 2.45) is 5.41 Å². The summed E-state index contributed by atoms with van der Waals surface area (Å²) in [5, 5.41) is 7.70.